The Kier molecular flexibility index (Phi) is 6.52. The molecule has 2 N–H and O–H groups in total. The monoisotopic (exact) mass is 369 g/mol. The number of hydrogen-bond donors (Lipinski definition) is 2. The topological polar surface area (TPSA) is 71.1 Å². The average molecular weight is 369 g/mol. The van der Waals surface area contributed by atoms with Crippen LogP contribution in [0.3, 0.4) is 0 Å². The first-order valence-corrected chi connectivity index (χ1v) is 9.41. The second-order valence-electron chi connectivity index (χ2n) is 6.87. The van der Waals surface area contributed by atoms with Gasteiger partial charge in [0.1, 0.15) is 5.82 Å². The Balaban J connectivity index is 1.55. The van der Waals surface area contributed by atoms with Gasteiger partial charge in [-0.05, 0) is 37.0 Å². The van der Waals surface area contributed by atoms with Crippen molar-refractivity contribution in [3.63, 3.8) is 0 Å². The molecule has 1 aromatic heterocycles. The summed E-state index contributed by atoms with van der Waals surface area (Å²) < 4.78 is 13.6. The summed E-state index contributed by atoms with van der Waals surface area (Å²) in [6.45, 7) is 0.304. The maximum absolute atomic E-state index is 13.6. The molecule has 1 saturated carbocycles. The molecule has 3 rings (SSSR count). The lowest BCUT2D eigenvalue weighted by atomic mass is 9.95. The summed E-state index contributed by atoms with van der Waals surface area (Å²) in [6.07, 6.45) is 8.76. The Morgan fingerprint density at radius 2 is 1.74 bits per heavy atom. The van der Waals surface area contributed by atoms with Gasteiger partial charge in [0, 0.05) is 25.0 Å². The molecular formula is C21H24FN3O2. The lowest BCUT2D eigenvalue weighted by Gasteiger charge is -2.22. The van der Waals surface area contributed by atoms with E-state index in [2.05, 4.69) is 15.6 Å². The zero-order valence-corrected chi connectivity index (χ0v) is 15.2. The molecule has 6 heteroatoms. The number of halogens is 1. The largest absolute Gasteiger partial charge is 0.352 e. The summed E-state index contributed by atoms with van der Waals surface area (Å²) >= 11 is 0. The second kappa shape index (κ2) is 9.26. The van der Waals surface area contributed by atoms with Crippen LogP contribution in [0, 0.1) is 5.82 Å². The molecule has 27 heavy (non-hydrogen) atoms. The predicted octanol–water partition coefficient (Wildman–Crippen LogP) is 3.26. The molecule has 1 fully saturated rings. The Bertz CT molecular complexity index is 804. The molecule has 1 heterocycles. The smallest absolute Gasteiger partial charge is 0.253 e. The highest BCUT2D eigenvalue weighted by molar-refractivity contribution is 5.99. The SMILES string of the molecule is O=C(NCCc1ccccc1F)c1cncc(C(=O)NC2CCCCC2)c1. The molecule has 1 aliphatic rings. The van der Waals surface area contributed by atoms with Gasteiger partial charge in [0.2, 0.25) is 0 Å². The van der Waals surface area contributed by atoms with Crippen LogP contribution < -0.4 is 10.6 Å². The number of carbonyl (C=O) groups is 2. The van der Waals surface area contributed by atoms with Crippen molar-refractivity contribution in [3.05, 3.63) is 65.2 Å². The maximum Gasteiger partial charge on any atom is 0.253 e. The number of amides is 2. The van der Waals surface area contributed by atoms with E-state index in [1.54, 1.807) is 24.3 Å². The molecule has 0 unspecified atom stereocenters. The van der Waals surface area contributed by atoms with E-state index in [1.807, 2.05) is 0 Å². The number of nitrogens with one attached hydrogen (secondary N) is 2. The number of rotatable bonds is 6. The first-order chi connectivity index (χ1) is 13.1. The van der Waals surface area contributed by atoms with Crippen LogP contribution in [-0.2, 0) is 6.42 Å². The zero-order valence-electron chi connectivity index (χ0n) is 15.2. The zero-order chi connectivity index (χ0) is 19.1. The number of pyridine rings is 1. The van der Waals surface area contributed by atoms with Crippen molar-refractivity contribution in [1.82, 2.24) is 15.6 Å². The van der Waals surface area contributed by atoms with Crippen LogP contribution >= 0.6 is 0 Å². The van der Waals surface area contributed by atoms with Gasteiger partial charge in [-0.25, -0.2) is 4.39 Å². The quantitative estimate of drug-likeness (QED) is 0.821. The van der Waals surface area contributed by atoms with Crippen molar-refractivity contribution in [3.8, 4) is 0 Å². The van der Waals surface area contributed by atoms with Gasteiger partial charge in [-0.1, -0.05) is 37.5 Å². The fraction of sp³-hybridized carbons (Fsp3) is 0.381. The Labute approximate surface area is 158 Å². The predicted molar refractivity (Wildman–Crippen MR) is 101 cm³/mol. The van der Waals surface area contributed by atoms with Crippen molar-refractivity contribution >= 4 is 11.8 Å². The standard InChI is InChI=1S/C21H24FN3O2/c22-19-9-5-4-6-15(19)10-11-24-20(26)16-12-17(14-23-13-16)21(27)25-18-7-2-1-3-8-18/h4-6,9,12-14,18H,1-3,7-8,10-11H2,(H,24,26)(H,25,27). The average Bonchev–Trinajstić information content (AvgIpc) is 2.70. The summed E-state index contributed by atoms with van der Waals surface area (Å²) in [6, 6.07) is 8.23. The first-order valence-electron chi connectivity index (χ1n) is 9.41. The second-order valence-corrected chi connectivity index (χ2v) is 6.87. The van der Waals surface area contributed by atoms with Crippen molar-refractivity contribution in [2.24, 2.45) is 0 Å². The van der Waals surface area contributed by atoms with E-state index in [0.29, 0.717) is 29.7 Å². The van der Waals surface area contributed by atoms with Crippen LogP contribution in [0.1, 0.15) is 58.4 Å². The number of nitrogens with zero attached hydrogens (tertiary/aromatic N) is 1. The van der Waals surface area contributed by atoms with Crippen LogP contribution in [-0.4, -0.2) is 29.4 Å². The summed E-state index contributed by atoms with van der Waals surface area (Å²) in [5.41, 5.74) is 1.25. The van der Waals surface area contributed by atoms with E-state index in [0.717, 1.165) is 25.7 Å². The van der Waals surface area contributed by atoms with E-state index < -0.39 is 0 Å². The summed E-state index contributed by atoms with van der Waals surface area (Å²) in [5.74, 6) is -0.809. The van der Waals surface area contributed by atoms with Gasteiger partial charge < -0.3 is 10.6 Å². The molecule has 0 spiro atoms. The number of benzene rings is 1. The van der Waals surface area contributed by atoms with Gasteiger partial charge in [0.25, 0.3) is 11.8 Å². The van der Waals surface area contributed by atoms with Crippen molar-refractivity contribution < 1.29 is 14.0 Å². The van der Waals surface area contributed by atoms with Gasteiger partial charge in [-0.3, -0.25) is 14.6 Å². The highest BCUT2D eigenvalue weighted by Crippen LogP contribution is 2.18. The van der Waals surface area contributed by atoms with E-state index in [-0.39, 0.29) is 23.7 Å². The van der Waals surface area contributed by atoms with Crippen LogP contribution in [0.4, 0.5) is 4.39 Å². The minimum Gasteiger partial charge on any atom is -0.352 e. The molecule has 0 radical (unpaired) electrons. The normalized spacial score (nSPS) is 14.6. The number of hydrogen-bond acceptors (Lipinski definition) is 3. The Hall–Kier alpha value is -2.76. The van der Waals surface area contributed by atoms with Crippen LogP contribution in [0.15, 0.2) is 42.7 Å². The third-order valence-electron chi connectivity index (χ3n) is 4.84. The third kappa shape index (κ3) is 5.36. The lowest BCUT2D eigenvalue weighted by Crippen LogP contribution is -2.36. The first kappa shape index (κ1) is 19.0. The molecule has 0 atom stereocenters. The van der Waals surface area contributed by atoms with Gasteiger partial charge in [0.05, 0.1) is 11.1 Å². The minimum atomic E-state index is -0.328. The fourth-order valence-electron chi connectivity index (χ4n) is 3.32. The molecule has 0 bridgehead atoms. The highest BCUT2D eigenvalue weighted by atomic mass is 19.1. The van der Waals surface area contributed by atoms with Gasteiger partial charge in [-0.15, -0.1) is 0 Å². The van der Waals surface area contributed by atoms with E-state index in [9.17, 15) is 14.0 Å². The lowest BCUT2D eigenvalue weighted by molar-refractivity contribution is 0.0927. The van der Waals surface area contributed by atoms with Gasteiger partial charge in [0.15, 0.2) is 0 Å². The van der Waals surface area contributed by atoms with E-state index in [1.165, 1.54) is 24.9 Å². The Morgan fingerprint density at radius 3 is 2.48 bits per heavy atom. The number of carbonyl (C=O) groups excluding carboxylic acids is 2. The molecule has 2 aromatic rings. The van der Waals surface area contributed by atoms with Crippen molar-refractivity contribution in [2.45, 2.75) is 44.6 Å². The fourth-order valence-corrected chi connectivity index (χ4v) is 3.32. The van der Waals surface area contributed by atoms with Crippen molar-refractivity contribution in [1.29, 1.82) is 0 Å². The molecular weight excluding hydrogens is 345 g/mol. The van der Waals surface area contributed by atoms with Crippen LogP contribution in [0.25, 0.3) is 0 Å². The molecule has 2 amide bonds. The highest BCUT2D eigenvalue weighted by Gasteiger charge is 2.18. The molecule has 5 nitrogen and oxygen atoms in total. The maximum atomic E-state index is 13.6. The summed E-state index contributed by atoms with van der Waals surface area (Å²) in [7, 11) is 0. The van der Waals surface area contributed by atoms with Gasteiger partial charge in [-0.2, -0.15) is 0 Å². The molecule has 0 saturated heterocycles. The van der Waals surface area contributed by atoms with E-state index in [4.69, 9.17) is 0 Å². The molecule has 1 aliphatic carbocycles. The molecule has 142 valence electrons. The molecule has 0 aliphatic heterocycles. The van der Waals surface area contributed by atoms with Crippen LogP contribution in [0.5, 0.6) is 0 Å². The summed E-state index contributed by atoms with van der Waals surface area (Å²) in [4.78, 5) is 28.7. The Morgan fingerprint density at radius 1 is 1.04 bits per heavy atom. The number of aromatic nitrogens is 1. The van der Waals surface area contributed by atoms with E-state index >= 15 is 0 Å². The minimum absolute atomic E-state index is 0.199. The third-order valence-corrected chi connectivity index (χ3v) is 4.84. The van der Waals surface area contributed by atoms with Gasteiger partial charge >= 0.3 is 0 Å². The summed E-state index contributed by atoms with van der Waals surface area (Å²) in [5, 5.41) is 5.76. The van der Waals surface area contributed by atoms with Crippen LogP contribution in [0.2, 0.25) is 0 Å². The molecule has 1 aromatic carbocycles. The van der Waals surface area contributed by atoms with Crippen molar-refractivity contribution in [2.75, 3.05) is 6.54 Å².